The minimum atomic E-state index is -3.91. The minimum absolute atomic E-state index is 0.0711. The van der Waals surface area contributed by atoms with Crippen LogP contribution in [0.15, 0.2) is 36.4 Å². The molecule has 2 bridgehead atoms. The van der Waals surface area contributed by atoms with Gasteiger partial charge < -0.3 is 23.8 Å². The van der Waals surface area contributed by atoms with Crippen LogP contribution in [0.25, 0.3) is 0 Å². The van der Waals surface area contributed by atoms with E-state index in [4.69, 9.17) is 30.5 Å². The van der Waals surface area contributed by atoms with Crippen LogP contribution in [0.5, 0.6) is 5.75 Å². The molecule has 48 heavy (non-hydrogen) atoms. The quantitative estimate of drug-likeness (QED) is 0.401. The van der Waals surface area contributed by atoms with Gasteiger partial charge in [-0.15, -0.1) is 0 Å². The van der Waals surface area contributed by atoms with Gasteiger partial charge in [0.2, 0.25) is 10.0 Å². The van der Waals surface area contributed by atoms with Crippen molar-refractivity contribution in [2.24, 2.45) is 23.7 Å². The van der Waals surface area contributed by atoms with Gasteiger partial charge in [-0.3, -0.25) is 4.79 Å². The molecule has 0 radical (unpaired) electrons. The Kier molecular flexibility index (Phi) is 9.76. The molecule has 1 N–H and O–H groups in total. The fourth-order valence-electron chi connectivity index (χ4n) is 8.86. The molecule has 1 spiro atoms. The fourth-order valence-corrected chi connectivity index (χ4v) is 10.4. The van der Waals surface area contributed by atoms with Crippen molar-refractivity contribution in [3.05, 3.63) is 58.1 Å². The monoisotopic (exact) mass is 700 g/mol. The lowest BCUT2D eigenvalue weighted by molar-refractivity contribution is -0.255. The topological polar surface area (TPSA) is 103 Å². The Morgan fingerprint density at radius 1 is 1.00 bits per heavy atom. The number of methoxy groups -OCH3 is 1. The average Bonchev–Trinajstić information content (AvgIpc) is 3.21. The summed E-state index contributed by atoms with van der Waals surface area (Å²) in [6.07, 6.45) is 7.28. The number of nitrogens with zero attached hydrogens (tertiary/aromatic N) is 1. The van der Waals surface area contributed by atoms with Gasteiger partial charge in [0.05, 0.1) is 30.8 Å². The zero-order valence-corrected chi connectivity index (χ0v) is 29.9. The summed E-state index contributed by atoms with van der Waals surface area (Å²) in [6.45, 7) is 6.71. The lowest BCUT2D eigenvalue weighted by Gasteiger charge is -2.48. The Bertz CT molecular complexity index is 1610. The zero-order valence-electron chi connectivity index (χ0n) is 28.3. The minimum Gasteiger partial charge on any atom is -0.490 e. The van der Waals surface area contributed by atoms with Crippen LogP contribution in [0.4, 0.5) is 5.69 Å². The summed E-state index contributed by atoms with van der Waals surface area (Å²) in [6, 6.07) is 11.6. The van der Waals surface area contributed by atoms with Crippen LogP contribution < -0.4 is 14.4 Å². The van der Waals surface area contributed by atoms with Crippen LogP contribution in [0.3, 0.4) is 0 Å². The second kappa shape index (κ2) is 13.7. The molecule has 3 heterocycles. The molecule has 6 atom stereocenters. The van der Waals surface area contributed by atoms with E-state index in [2.05, 4.69) is 21.8 Å². The highest BCUT2D eigenvalue weighted by Gasteiger charge is 2.46. The Balaban J connectivity index is 1.27. The van der Waals surface area contributed by atoms with Crippen molar-refractivity contribution in [3.63, 3.8) is 0 Å². The van der Waals surface area contributed by atoms with E-state index in [-0.39, 0.29) is 29.6 Å². The summed E-state index contributed by atoms with van der Waals surface area (Å²) >= 11 is 6.46. The summed E-state index contributed by atoms with van der Waals surface area (Å²) in [4.78, 5) is 16.0. The van der Waals surface area contributed by atoms with Crippen molar-refractivity contribution >= 4 is 33.2 Å². The van der Waals surface area contributed by atoms with E-state index in [9.17, 15) is 13.2 Å². The number of rotatable bonds is 2. The van der Waals surface area contributed by atoms with Crippen LogP contribution in [0.1, 0.15) is 80.3 Å². The number of sulfonamides is 1. The van der Waals surface area contributed by atoms with Crippen LogP contribution >= 0.6 is 11.6 Å². The van der Waals surface area contributed by atoms with E-state index >= 15 is 0 Å². The molecule has 0 unspecified atom stereocenters. The summed E-state index contributed by atoms with van der Waals surface area (Å²) in [5.41, 5.74) is 3.45. The summed E-state index contributed by atoms with van der Waals surface area (Å²) < 4.78 is 54.1. The number of hydrogen-bond donors (Lipinski definition) is 1. The van der Waals surface area contributed by atoms with Gasteiger partial charge in [0, 0.05) is 42.1 Å². The second-order valence-corrected chi connectivity index (χ2v) is 17.4. The number of nitrogens with one attached hydrogen (secondary N) is 1. The third-order valence-corrected chi connectivity index (χ3v) is 14.2. The molecular formula is C37H49ClN2O7S. The predicted octanol–water partition coefficient (Wildman–Crippen LogP) is 6.11. The number of halogens is 1. The van der Waals surface area contributed by atoms with Crippen molar-refractivity contribution in [2.45, 2.75) is 88.3 Å². The largest absolute Gasteiger partial charge is 0.490 e. The molecule has 1 amide bonds. The van der Waals surface area contributed by atoms with Crippen molar-refractivity contribution in [2.75, 3.05) is 44.9 Å². The summed E-state index contributed by atoms with van der Waals surface area (Å²) in [7, 11) is -2.22. The third-order valence-electron chi connectivity index (χ3n) is 12.1. The second-order valence-electron chi connectivity index (χ2n) is 14.9. The first-order valence-corrected chi connectivity index (χ1v) is 19.6. The molecule has 11 heteroatoms. The smallest absolute Gasteiger partial charge is 0.264 e. The molecule has 262 valence electrons. The molecule has 2 aromatic carbocycles. The van der Waals surface area contributed by atoms with Gasteiger partial charge in [-0.05, 0) is 111 Å². The van der Waals surface area contributed by atoms with E-state index in [1.807, 2.05) is 25.1 Å². The Hall–Kier alpha value is -2.37. The van der Waals surface area contributed by atoms with Gasteiger partial charge in [-0.25, -0.2) is 13.1 Å². The zero-order chi connectivity index (χ0) is 33.6. The average molecular weight is 701 g/mol. The maximum Gasteiger partial charge on any atom is 0.264 e. The summed E-state index contributed by atoms with van der Waals surface area (Å²) in [5.74, 6) is 0.962. The number of fused-ring (bicyclic) bond motifs is 4. The van der Waals surface area contributed by atoms with Gasteiger partial charge in [-0.1, -0.05) is 31.0 Å². The maximum atomic E-state index is 13.5. The molecule has 2 aliphatic carbocycles. The number of anilines is 1. The number of benzene rings is 2. The van der Waals surface area contributed by atoms with Gasteiger partial charge in [0.1, 0.15) is 11.9 Å². The molecule has 9 nitrogen and oxygen atoms in total. The number of hydrogen-bond acceptors (Lipinski definition) is 8. The predicted molar refractivity (Wildman–Crippen MR) is 185 cm³/mol. The van der Waals surface area contributed by atoms with Gasteiger partial charge in [-0.2, -0.15) is 0 Å². The van der Waals surface area contributed by atoms with Gasteiger partial charge in [0.15, 0.2) is 6.29 Å². The number of ether oxygens (including phenoxy) is 4. The van der Waals surface area contributed by atoms with Crippen molar-refractivity contribution in [3.8, 4) is 5.75 Å². The summed E-state index contributed by atoms with van der Waals surface area (Å²) in [5, 5.41) is 0.0181. The Morgan fingerprint density at radius 3 is 2.56 bits per heavy atom. The number of carbonyl (C=O) groups excluding carboxylic acids is 1. The van der Waals surface area contributed by atoms with E-state index < -0.39 is 21.2 Å². The molecule has 1 saturated heterocycles. The van der Waals surface area contributed by atoms with E-state index in [1.54, 1.807) is 20.1 Å². The SMILES string of the molecule is CO[C@H]1CO[C@H]([C@H]2CCC[C@H](C)[C@@H](C)S(=O)(=O)NC(=O)c3ccc4c(c3)N(C[C@@H]3CC[C@H]32)C[C@@]2(CCCc3cc(Cl)ccc32)CO4)OC1. The van der Waals surface area contributed by atoms with Gasteiger partial charge in [0.25, 0.3) is 5.91 Å². The molecular weight excluding hydrogens is 652 g/mol. The molecule has 3 aliphatic heterocycles. The van der Waals surface area contributed by atoms with Crippen molar-refractivity contribution in [1.82, 2.24) is 4.72 Å². The van der Waals surface area contributed by atoms with Crippen LogP contribution in [-0.4, -0.2) is 72.0 Å². The van der Waals surface area contributed by atoms with Crippen molar-refractivity contribution < 1.29 is 32.2 Å². The highest BCUT2D eigenvalue weighted by molar-refractivity contribution is 7.90. The lowest BCUT2D eigenvalue weighted by Crippen LogP contribution is -2.51. The van der Waals surface area contributed by atoms with E-state index in [1.165, 1.54) is 11.1 Å². The first-order chi connectivity index (χ1) is 23.1. The molecule has 2 fully saturated rings. The Labute approximate surface area is 290 Å². The number of aryl methyl sites for hydroxylation is 1. The van der Waals surface area contributed by atoms with E-state index in [0.717, 1.165) is 75.2 Å². The standard InChI is InChI=1S/C37H49ClN2O7S/c1-23-6-4-8-31(36-45-19-29(44-3)20-46-36)30-12-9-27(30)18-40-21-37(15-5-7-25-16-28(38)11-13-32(25)37)22-47-34-14-10-26(17-33(34)40)35(41)39-48(42,43)24(23)2/h10-11,13-14,16-17,23-24,27,29-31,36H,4-9,12,15,18-22H2,1-3H3,(H,39,41)/t23-,24+,27-,29-,30+,31-,36-,37-/m0/s1. The van der Waals surface area contributed by atoms with Gasteiger partial charge >= 0.3 is 0 Å². The van der Waals surface area contributed by atoms with Crippen molar-refractivity contribution in [1.29, 1.82) is 0 Å². The Morgan fingerprint density at radius 2 is 1.81 bits per heavy atom. The first-order valence-electron chi connectivity index (χ1n) is 17.7. The molecule has 0 aromatic heterocycles. The van der Waals surface area contributed by atoms with Crippen LogP contribution in [0.2, 0.25) is 5.02 Å². The number of amides is 1. The molecule has 5 aliphatic rings. The fraction of sp³-hybridized carbons (Fsp3) is 0.649. The highest BCUT2D eigenvalue weighted by Crippen LogP contribution is 2.49. The lowest BCUT2D eigenvalue weighted by atomic mass is 9.64. The molecule has 1 saturated carbocycles. The normalized spacial score (nSPS) is 35.3. The molecule has 2 aromatic rings. The first kappa shape index (κ1) is 34.1. The van der Waals surface area contributed by atoms with E-state index in [0.29, 0.717) is 43.0 Å². The van der Waals surface area contributed by atoms with Crippen LogP contribution in [-0.2, 0) is 36.1 Å². The highest BCUT2D eigenvalue weighted by atomic mass is 35.5. The van der Waals surface area contributed by atoms with Crippen LogP contribution in [0, 0.1) is 23.7 Å². The number of carbonyl (C=O) groups is 1. The maximum absolute atomic E-state index is 13.5. The third kappa shape index (κ3) is 6.60. The molecule has 7 rings (SSSR count).